The van der Waals surface area contributed by atoms with Crippen molar-refractivity contribution in [2.24, 2.45) is 5.92 Å². The smallest absolute Gasteiger partial charge is 0.282 e. The summed E-state index contributed by atoms with van der Waals surface area (Å²) in [4.78, 5) is 28.8. The minimum atomic E-state index is -0.395. The van der Waals surface area contributed by atoms with Gasteiger partial charge in [0.05, 0.1) is 24.5 Å². The van der Waals surface area contributed by atoms with Gasteiger partial charge >= 0.3 is 0 Å². The summed E-state index contributed by atoms with van der Waals surface area (Å²) in [7, 11) is 0. The van der Waals surface area contributed by atoms with Crippen LogP contribution < -0.4 is 19.7 Å². The molecule has 2 aromatic carbocycles. The number of nitrogens with one attached hydrogen (secondary N) is 1. The van der Waals surface area contributed by atoms with E-state index in [1.165, 1.54) is 16.2 Å². The topological polar surface area (TPSA) is 67.9 Å². The van der Waals surface area contributed by atoms with E-state index in [-0.39, 0.29) is 11.6 Å². The molecule has 1 aliphatic heterocycles. The van der Waals surface area contributed by atoms with Crippen molar-refractivity contribution in [3.63, 3.8) is 0 Å². The maximum absolute atomic E-state index is 13.4. The minimum absolute atomic E-state index is 0.256. The van der Waals surface area contributed by atoms with E-state index in [2.05, 4.69) is 19.2 Å². The van der Waals surface area contributed by atoms with Crippen LogP contribution in [0.25, 0.3) is 5.57 Å². The van der Waals surface area contributed by atoms with Gasteiger partial charge < -0.3 is 14.8 Å². The van der Waals surface area contributed by atoms with Crippen LogP contribution in [0.2, 0.25) is 0 Å². The van der Waals surface area contributed by atoms with E-state index in [1.807, 2.05) is 48.7 Å². The molecule has 0 bridgehead atoms. The molecule has 1 aromatic heterocycles. The third-order valence-corrected chi connectivity index (χ3v) is 5.85. The van der Waals surface area contributed by atoms with Crippen LogP contribution in [0.3, 0.4) is 0 Å². The number of rotatable bonds is 9. The summed E-state index contributed by atoms with van der Waals surface area (Å²) < 4.78 is 11.2. The fourth-order valence-electron chi connectivity index (χ4n) is 3.43. The second kappa shape index (κ2) is 9.92. The highest BCUT2D eigenvalue weighted by Gasteiger charge is 2.40. The first-order valence-corrected chi connectivity index (χ1v) is 11.8. The van der Waals surface area contributed by atoms with Gasteiger partial charge in [-0.25, -0.2) is 4.90 Å². The lowest BCUT2D eigenvalue weighted by atomic mass is 10.2. The molecule has 170 valence electrons. The maximum atomic E-state index is 13.4. The summed E-state index contributed by atoms with van der Waals surface area (Å²) in [6.45, 7) is 7.24. The van der Waals surface area contributed by atoms with Crippen molar-refractivity contribution in [3.8, 4) is 11.5 Å². The Labute approximate surface area is 197 Å². The zero-order chi connectivity index (χ0) is 23.4. The summed E-state index contributed by atoms with van der Waals surface area (Å²) in [6, 6.07) is 18.0. The van der Waals surface area contributed by atoms with Gasteiger partial charge in [0.1, 0.15) is 17.2 Å². The lowest BCUT2D eigenvalue weighted by molar-refractivity contribution is -0.120. The van der Waals surface area contributed by atoms with Gasteiger partial charge in [-0.1, -0.05) is 19.9 Å². The number of hydrogen-bond donors (Lipinski definition) is 1. The van der Waals surface area contributed by atoms with Crippen LogP contribution in [0.15, 0.2) is 71.7 Å². The summed E-state index contributed by atoms with van der Waals surface area (Å²) in [5.74, 6) is 1.09. The van der Waals surface area contributed by atoms with Crippen molar-refractivity contribution < 1.29 is 19.1 Å². The second-order valence-electron chi connectivity index (χ2n) is 7.95. The number of anilines is 2. The van der Waals surface area contributed by atoms with Gasteiger partial charge in [0.2, 0.25) is 0 Å². The summed E-state index contributed by atoms with van der Waals surface area (Å²) in [5.41, 5.74) is 1.82. The minimum Gasteiger partial charge on any atom is -0.494 e. The molecule has 0 saturated carbocycles. The van der Waals surface area contributed by atoms with Crippen molar-refractivity contribution in [2.75, 3.05) is 23.4 Å². The fraction of sp³-hybridized carbons (Fsp3) is 0.231. The van der Waals surface area contributed by atoms with Crippen molar-refractivity contribution in [1.82, 2.24) is 0 Å². The van der Waals surface area contributed by atoms with E-state index in [9.17, 15) is 9.59 Å². The molecule has 2 amide bonds. The average Bonchev–Trinajstić information content (AvgIpc) is 3.41. The van der Waals surface area contributed by atoms with Crippen LogP contribution in [-0.4, -0.2) is 25.0 Å². The number of hydrogen-bond acceptors (Lipinski definition) is 6. The zero-order valence-corrected chi connectivity index (χ0v) is 19.6. The highest BCUT2D eigenvalue weighted by molar-refractivity contribution is 7.11. The van der Waals surface area contributed by atoms with Crippen LogP contribution in [0.5, 0.6) is 11.5 Å². The van der Waals surface area contributed by atoms with E-state index in [0.29, 0.717) is 41.8 Å². The molecule has 0 spiro atoms. The highest BCUT2D eigenvalue weighted by Crippen LogP contribution is 2.36. The quantitative estimate of drug-likeness (QED) is 0.421. The van der Waals surface area contributed by atoms with Crippen molar-refractivity contribution in [3.05, 3.63) is 76.6 Å². The Balaban J connectivity index is 1.63. The zero-order valence-electron chi connectivity index (χ0n) is 18.8. The number of ether oxygens (including phenoxy) is 2. The van der Waals surface area contributed by atoms with Gasteiger partial charge in [0.15, 0.2) is 0 Å². The lowest BCUT2D eigenvalue weighted by Gasteiger charge is -2.16. The molecule has 0 unspecified atom stereocenters. The normalized spacial score (nSPS) is 13.8. The number of amides is 2. The standard InChI is InChI=1S/C26H26N2O4S/c1-4-31-20-11-7-18(8-12-20)27-24-23(22-6-5-15-33-22)25(29)28(26(24)30)19-9-13-21(14-10-19)32-16-17(2)3/h5-15,17,27H,4,16H2,1-3H3. The van der Waals surface area contributed by atoms with Crippen molar-refractivity contribution in [2.45, 2.75) is 20.8 Å². The Morgan fingerprint density at radius 3 is 2.18 bits per heavy atom. The molecule has 3 aromatic rings. The maximum Gasteiger partial charge on any atom is 0.282 e. The van der Waals surface area contributed by atoms with E-state index in [0.717, 1.165) is 10.6 Å². The third-order valence-electron chi connectivity index (χ3n) is 4.96. The van der Waals surface area contributed by atoms with E-state index in [4.69, 9.17) is 9.47 Å². The molecule has 1 aliphatic rings. The molecule has 33 heavy (non-hydrogen) atoms. The van der Waals surface area contributed by atoms with Crippen LogP contribution in [0, 0.1) is 5.92 Å². The molecule has 0 saturated heterocycles. The number of benzene rings is 2. The summed E-state index contributed by atoms with van der Waals surface area (Å²) >= 11 is 1.42. The first kappa shape index (κ1) is 22.6. The predicted octanol–water partition coefficient (Wildman–Crippen LogP) is 5.58. The molecule has 1 N–H and O–H groups in total. The number of carbonyl (C=O) groups is 2. The Morgan fingerprint density at radius 2 is 1.58 bits per heavy atom. The van der Waals surface area contributed by atoms with Gasteiger partial charge in [-0.05, 0) is 72.8 Å². The van der Waals surface area contributed by atoms with Gasteiger partial charge in [0.25, 0.3) is 11.8 Å². The van der Waals surface area contributed by atoms with Gasteiger partial charge in [-0.2, -0.15) is 0 Å². The second-order valence-corrected chi connectivity index (χ2v) is 8.90. The van der Waals surface area contributed by atoms with Crippen molar-refractivity contribution in [1.29, 1.82) is 0 Å². The monoisotopic (exact) mass is 462 g/mol. The molecule has 0 radical (unpaired) electrons. The van der Waals surface area contributed by atoms with E-state index < -0.39 is 5.91 Å². The molecule has 4 rings (SSSR count). The first-order chi connectivity index (χ1) is 16.0. The van der Waals surface area contributed by atoms with E-state index >= 15 is 0 Å². The molecular weight excluding hydrogens is 436 g/mol. The summed E-state index contributed by atoms with van der Waals surface area (Å²) in [5, 5.41) is 5.05. The van der Waals surface area contributed by atoms with Crippen LogP contribution >= 0.6 is 11.3 Å². The highest BCUT2D eigenvalue weighted by atomic mass is 32.1. The molecule has 0 aliphatic carbocycles. The van der Waals surface area contributed by atoms with Crippen LogP contribution in [-0.2, 0) is 9.59 Å². The van der Waals surface area contributed by atoms with Gasteiger partial charge in [-0.15, -0.1) is 11.3 Å². The molecule has 2 heterocycles. The number of nitrogens with zero attached hydrogens (tertiary/aromatic N) is 1. The van der Waals surface area contributed by atoms with Crippen LogP contribution in [0.4, 0.5) is 11.4 Å². The SMILES string of the molecule is CCOc1ccc(NC2=C(c3cccs3)C(=O)N(c3ccc(OCC(C)C)cc3)C2=O)cc1. The largest absolute Gasteiger partial charge is 0.494 e. The lowest BCUT2D eigenvalue weighted by Crippen LogP contribution is -2.32. The first-order valence-electron chi connectivity index (χ1n) is 10.9. The molecular formula is C26H26N2O4S. The average molecular weight is 463 g/mol. The Bertz CT molecular complexity index is 1150. The Kier molecular flexibility index (Phi) is 6.79. The van der Waals surface area contributed by atoms with E-state index in [1.54, 1.807) is 24.3 Å². The van der Waals surface area contributed by atoms with Gasteiger partial charge in [-0.3, -0.25) is 9.59 Å². The molecule has 0 atom stereocenters. The fourth-order valence-corrected chi connectivity index (χ4v) is 4.20. The Hall–Kier alpha value is -3.58. The van der Waals surface area contributed by atoms with Crippen molar-refractivity contribution >= 4 is 40.1 Å². The Morgan fingerprint density at radius 1 is 0.909 bits per heavy atom. The predicted molar refractivity (Wildman–Crippen MR) is 132 cm³/mol. The molecule has 0 fully saturated rings. The summed E-state index contributed by atoms with van der Waals surface area (Å²) in [6.07, 6.45) is 0. The molecule has 6 nitrogen and oxygen atoms in total. The van der Waals surface area contributed by atoms with Gasteiger partial charge in [0, 0.05) is 10.6 Å². The number of carbonyl (C=O) groups excluding carboxylic acids is 2. The number of thiophene rings is 1. The number of imide groups is 1. The molecule has 7 heteroatoms. The van der Waals surface area contributed by atoms with Crippen LogP contribution in [0.1, 0.15) is 25.6 Å². The third kappa shape index (κ3) is 4.93.